The summed E-state index contributed by atoms with van der Waals surface area (Å²) < 4.78 is 36.6. The zero-order valence-corrected chi connectivity index (χ0v) is 12.5. The van der Waals surface area contributed by atoms with Gasteiger partial charge in [-0.25, -0.2) is 4.79 Å². The van der Waals surface area contributed by atoms with Gasteiger partial charge in [0.15, 0.2) is 0 Å². The summed E-state index contributed by atoms with van der Waals surface area (Å²) in [5.41, 5.74) is 2.37. The van der Waals surface area contributed by atoms with Gasteiger partial charge in [0.1, 0.15) is 0 Å². The highest BCUT2D eigenvalue weighted by molar-refractivity contribution is 5.74. The largest absolute Gasteiger partial charge is 0.401 e. The molecule has 1 aromatic carbocycles. The number of carbonyl (C=O) groups is 1. The second kappa shape index (κ2) is 7.00. The summed E-state index contributed by atoms with van der Waals surface area (Å²) in [6.07, 6.45) is -3.41. The lowest BCUT2D eigenvalue weighted by Crippen LogP contribution is -2.45. The van der Waals surface area contributed by atoms with Crippen LogP contribution >= 0.6 is 0 Å². The monoisotopic (exact) mass is 315 g/mol. The number of urea groups is 1. The van der Waals surface area contributed by atoms with E-state index >= 15 is 0 Å². The van der Waals surface area contributed by atoms with Crippen LogP contribution in [0.25, 0.3) is 0 Å². The maximum atomic E-state index is 12.2. The summed E-state index contributed by atoms with van der Waals surface area (Å²) in [4.78, 5) is 14.9. The van der Waals surface area contributed by atoms with Gasteiger partial charge in [0.2, 0.25) is 0 Å². The molecule has 4 nitrogen and oxygen atoms in total. The van der Waals surface area contributed by atoms with E-state index in [9.17, 15) is 18.0 Å². The molecule has 2 rings (SSSR count). The SMILES string of the molecule is CN(CCNC(=O)N1CCc2ccccc2C1)CC(F)(F)F. The molecule has 7 heteroatoms. The van der Waals surface area contributed by atoms with Crippen molar-refractivity contribution < 1.29 is 18.0 Å². The highest BCUT2D eigenvalue weighted by atomic mass is 19.4. The average Bonchev–Trinajstić information content (AvgIpc) is 2.44. The summed E-state index contributed by atoms with van der Waals surface area (Å²) in [7, 11) is 1.39. The second-order valence-electron chi connectivity index (χ2n) is 5.53. The number of nitrogens with zero attached hydrogens (tertiary/aromatic N) is 2. The first-order valence-corrected chi connectivity index (χ1v) is 7.20. The minimum atomic E-state index is -4.21. The number of likely N-dealkylation sites (N-methyl/N-ethyl adjacent to an activating group) is 1. The molecule has 0 fully saturated rings. The van der Waals surface area contributed by atoms with E-state index in [0.29, 0.717) is 13.1 Å². The molecule has 1 aliphatic heterocycles. The molecular weight excluding hydrogens is 295 g/mol. The van der Waals surface area contributed by atoms with Gasteiger partial charge in [-0.05, 0) is 24.6 Å². The van der Waals surface area contributed by atoms with E-state index in [1.807, 2.05) is 18.2 Å². The van der Waals surface area contributed by atoms with Gasteiger partial charge < -0.3 is 10.2 Å². The van der Waals surface area contributed by atoms with Gasteiger partial charge in [-0.15, -0.1) is 0 Å². The quantitative estimate of drug-likeness (QED) is 0.925. The van der Waals surface area contributed by atoms with Gasteiger partial charge in [0.05, 0.1) is 6.54 Å². The van der Waals surface area contributed by atoms with Crippen molar-refractivity contribution in [2.45, 2.75) is 19.1 Å². The molecule has 0 aromatic heterocycles. The topological polar surface area (TPSA) is 35.6 Å². The van der Waals surface area contributed by atoms with E-state index in [1.165, 1.54) is 12.6 Å². The Bertz CT molecular complexity index is 519. The lowest BCUT2D eigenvalue weighted by molar-refractivity contribution is -0.142. The highest BCUT2D eigenvalue weighted by Crippen LogP contribution is 2.18. The Morgan fingerprint density at radius 3 is 2.68 bits per heavy atom. The standard InChI is InChI=1S/C15H20F3N3O/c1-20(11-15(16,17)18)9-7-19-14(22)21-8-6-12-4-2-3-5-13(12)10-21/h2-5H,6-11H2,1H3,(H,19,22). The average molecular weight is 315 g/mol. The summed E-state index contributed by atoms with van der Waals surface area (Å²) in [5.74, 6) is 0. The molecule has 0 aliphatic carbocycles. The zero-order valence-electron chi connectivity index (χ0n) is 12.5. The Kier molecular flexibility index (Phi) is 5.28. The van der Waals surface area contributed by atoms with Crippen LogP contribution in [0.1, 0.15) is 11.1 Å². The fourth-order valence-electron chi connectivity index (χ4n) is 2.52. The molecule has 1 N–H and O–H groups in total. The van der Waals surface area contributed by atoms with Gasteiger partial charge in [0.25, 0.3) is 0 Å². The van der Waals surface area contributed by atoms with E-state index in [-0.39, 0.29) is 19.1 Å². The van der Waals surface area contributed by atoms with Crippen LogP contribution in [0, 0.1) is 0 Å². The number of rotatable bonds is 4. The Balaban J connectivity index is 1.75. The van der Waals surface area contributed by atoms with Crippen LogP contribution in [0.15, 0.2) is 24.3 Å². The zero-order chi connectivity index (χ0) is 16.2. The molecule has 1 heterocycles. The number of hydrogen-bond acceptors (Lipinski definition) is 2. The Morgan fingerprint density at radius 2 is 2.00 bits per heavy atom. The van der Waals surface area contributed by atoms with Crippen LogP contribution < -0.4 is 5.32 Å². The fraction of sp³-hybridized carbons (Fsp3) is 0.533. The second-order valence-corrected chi connectivity index (χ2v) is 5.53. The number of alkyl halides is 3. The summed E-state index contributed by atoms with van der Waals surface area (Å²) in [6.45, 7) is 0.556. The van der Waals surface area contributed by atoms with E-state index in [1.54, 1.807) is 4.90 Å². The first-order valence-electron chi connectivity index (χ1n) is 7.20. The lowest BCUT2D eigenvalue weighted by atomic mass is 10.0. The van der Waals surface area contributed by atoms with E-state index in [2.05, 4.69) is 11.4 Å². The Hall–Kier alpha value is -1.76. The maximum absolute atomic E-state index is 12.2. The number of fused-ring (bicyclic) bond motifs is 1. The van der Waals surface area contributed by atoms with Gasteiger partial charge in [0, 0.05) is 26.2 Å². The van der Waals surface area contributed by atoms with Crippen LogP contribution in [0.4, 0.5) is 18.0 Å². The number of halogens is 3. The molecule has 0 saturated carbocycles. The van der Waals surface area contributed by atoms with Crippen molar-refractivity contribution in [1.29, 1.82) is 0 Å². The van der Waals surface area contributed by atoms with E-state index < -0.39 is 12.7 Å². The molecule has 0 spiro atoms. The fourth-order valence-corrected chi connectivity index (χ4v) is 2.52. The van der Waals surface area contributed by atoms with Crippen molar-refractivity contribution in [3.63, 3.8) is 0 Å². The molecule has 122 valence electrons. The summed E-state index contributed by atoms with van der Waals surface area (Å²) in [5, 5.41) is 2.68. The molecule has 2 amide bonds. The van der Waals surface area contributed by atoms with Gasteiger partial charge in [-0.2, -0.15) is 13.2 Å². The normalized spacial score (nSPS) is 14.9. The summed E-state index contributed by atoms with van der Waals surface area (Å²) in [6, 6.07) is 7.73. The minimum absolute atomic E-state index is 0.162. The molecule has 0 bridgehead atoms. The number of hydrogen-bond donors (Lipinski definition) is 1. The number of benzene rings is 1. The third-order valence-electron chi connectivity index (χ3n) is 3.64. The number of amides is 2. The molecular formula is C15H20F3N3O. The van der Waals surface area contributed by atoms with Gasteiger partial charge in [-0.3, -0.25) is 4.90 Å². The Labute approximate surface area is 127 Å². The van der Waals surface area contributed by atoms with E-state index in [0.717, 1.165) is 16.9 Å². The van der Waals surface area contributed by atoms with Crippen LogP contribution in [0.3, 0.4) is 0 Å². The van der Waals surface area contributed by atoms with Crippen molar-refractivity contribution >= 4 is 6.03 Å². The first kappa shape index (κ1) is 16.6. The smallest absolute Gasteiger partial charge is 0.337 e. The predicted molar refractivity (Wildman–Crippen MR) is 77.5 cm³/mol. The molecule has 0 radical (unpaired) electrons. The first-order chi connectivity index (χ1) is 10.3. The van der Waals surface area contributed by atoms with Crippen molar-refractivity contribution in [3.05, 3.63) is 35.4 Å². The highest BCUT2D eigenvalue weighted by Gasteiger charge is 2.29. The van der Waals surface area contributed by atoms with Gasteiger partial charge >= 0.3 is 12.2 Å². The molecule has 22 heavy (non-hydrogen) atoms. The van der Waals surface area contributed by atoms with Crippen molar-refractivity contribution in [3.8, 4) is 0 Å². The molecule has 0 unspecified atom stereocenters. The van der Waals surface area contributed by atoms with Gasteiger partial charge in [-0.1, -0.05) is 24.3 Å². The Morgan fingerprint density at radius 1 is 1.32 bits per heavy atom. The van der Waals surface area contributed by atoms with Crippen LogP contribution in [-0.2, 0) is 13.0 Å². The molecule has 1 aromatic rings. The summed E-state index contributed by atoms with van der Waals surface area (Å²) >= 11 is 0. The molecule has 0 saturated heterocycles. The van der Waals surface area contributed by atoms with Crippen molar-refractivity contribution in [2.24, 2.45) is 0 Å². The lowest BCUT2D eigenvalue weighted by Gasteiger charge is -2.29. The van der Waals surface area contributed by atoms with E-state index in [4.69, 9.17) is 0 Å². The third-order valence-corrected chi connectivity index (χ3v) is 3.64. The maximum Gasteiger partial charge on any atom is 0.401 e. The van der Waals surface area contributed by atoms with Crippen molar-refractivity contribution in [2.75, 3.05) is 33.2 Å². The van der Waals surface area contributed by atoms with Crippen LogP contribution in [-0.4, -0.2) is 55.2 Å². The molecule has 1 aliphatic rings. The number of carbonyl (C=O) groups excluding carboxylic acids is 1. The van der Waals surface area contributed by atoms with Crippen LogP contribution in [0.5, 0.6) is 0 Å². The predicted octanol–water partition coefficient (Wildman–Crippen LogP) is 2.25. The third kappa shape index (κ3) is 4.91. The molecule has 0 atom stereocenters. The minimum Gasteiger partial charge on any atom is -0.337 e. The van der Waals surface area contributed by atoms with Crippen molar-refractivity contribution in [1.82, 2.24) is 15.1 Å². The number of nitrogens with one attached hydrogen (secondary N) is 1. The van der Waals surface area contributed by atoms with Crippen LogP contribution in [0.2, 0.25) is 0 Å².